The van der Waals surface area contributed by atoms with E-state index in [0.717, 1.165) is 29.5 Å². The normalized spacial score (nSPS) is 13.9. The lowest BCUT2D eigenvalue weighted by molar-refractivity contribution is 0.102. The minimum Gasteiger partial charge on any atom is -0.486 e. The summed E-state index contributed by atoms with van der Waals surface area (Å²) in [4.78, 5) is 19.4. The molecule has 4 rings (SSSR count). The van der Waals surface area contributed by atoms with Crippen LogP contribution < -0.4 is 15.0 Å². The summed E-state index contributed by atoms with van der Waals surface area (Å²) in [7, 11) is 0. The molecule has 1 aliphatic rings. The summed E-state index contributed by atoms with van der Waals surface area (Å²) in [6.45, 7) is 5.19. The number of nitrogens with zero attached hydrogens (tertiary/aromatic N) is 2. The van der Waals surface area contributed by atoms with E-state index < -0.39 is 0 Å². The minimum absolute atomic E-state index is 0.274. The zero-order valence-corrected chi connectivity index (χ0v) is 18.1. The highest BCUT2D eigenvalue weighted by Gasteiger charge is 2.18. The molecule has 3 aromatic rings. The average molecular weight is 444 g/mol. The van der Waals surface area contributed by atoms with Crippen molar-refractivity contribution in [3.8, 4) is 5.75 Å². The van der Waals surface area contributed by atoms with Gasteiger partial charge in [0.2, 0.25) is 0 Å². The van der Waals surface area contributed by atoms with Gasteiger partial charge in [0.1, 0.15) is 23.1 Å². The second-order valence-corrected chi connectivity index (χ2v) is 8.32. The molecule has 1 fully saturated rings. The predicted octanol–water partition coefficient (Wildman–Crippen LogP) is 4.77. The third-order valence-corrected chi connectivity index (χ3v) is 5.78. The molecule has 0 radical (unpaired) electrons. The van der Waals surface area contributed by atoms with E-state index in [2.05, 4.69) is 15.2 Å². The van der Waals surface area contributed by atoms with E-state index in [4.69, 9.17) is 21.1 Å². The van der Waals surface area contributed by atoms with Crippen molar-refractivity contribution in [1.29, 1.82) is 0 Å². The summed E-state index contributed by atoms with van der Waals surface area (Å²) in [6.07, 6.45) is 0. The second-order valence-electron chi connectivity index (χ2n) is 6.94. The summed E-state index contributed by atoms with van der Waals surface area (Å²) in [5.41, 5.74) is 3.12. The zero-order chi connectivity index (χ0) is 20.9. The van der Waals surface area contributed by atoms with Crippen LogP contribution in [-0.2, 0) is 11.3 Å². The smallest absolute Gasteiger partial charge is 0.275 e. The van der Waals surface area contributed by atoms with Crippen molar-refractivity contribution in [3.05, 3.63) is 69.1 Å². The molecule has 2 aromatic carbocycles. The number of carbonyl (C=O) groups excluding carboxylic acids is 1. The Hall–Kier alpha value is -2.61. The summed E-state index contributed by atoms with van der Waals surface area (Å²) >= 11 is 7.57. The van der Waals surface area contributed by atoms with E-state index in [-0.39, 0.29) is 5.91 Å². The Labute approximate surface area is 184 Å². The van der Waals surface area contributed by atoms with Gasteiger partial charge in [0.15, 0.2) is 0 Å². The van der Waals surface area contributed by atoms with Crippen LogP contribution in [0.4, 0.5) is 11.4 Å². The highest BCUT2D eigenvalue weighted by Crippen LogP contribution is 2.30. The van der Waals surface area contributed by atoms with Gasteiger partial charge in [-0.25, -0.2) is 4.98 Å². The fourth-order valence-electron chi connectivity index (χ4n) is 3.14. The van der Waals surface area contributed by atoms with Gasteiger partial charge in [-0.3, -0.25) is 4.79 Å². The molecule has 8 heteroatoms. The molecule has 1 aromatic heterocycles. The Balaban J connectivity index is 1.43. The van der Waals surface area contributed by atoms with Crippen LogP contribution in [0.25, 0.3) is 0 Å². The molecule has 30 heavy (non-hydrogen) atoms. The number of nitrogens with one attached hydrogen (secondary N) is 1. The van der Waals surface area contributed by atoms with E-state index >= 15 is 0 Å². The lowest BCUT2D eigenvalue weighted by Crippen LogP contribution is -2.36. The van der Waals surface area contributed by atoms with Crippen LogP contribution >= 0.6 is 22.9 Å². The number of rotatable bonds is 6. The lowest BCUT2D eigenvalue weighted by atomic mass is 10.2. The predicted molar refractivity (Wildman–Crippen MR) is 120 cm³/mol. The molecule has 0 aliphatic carbocycles. The van der Waals surface area contributed by atoms with Gasteiger partial charge in [0, 0.05) is 23.5 Å². The van der Waals surface area contributed by atoms with Gasteiger partial charge in [0.05, 0.1) is 24.6 Å². The van der Waals surface area contributed by atoms with Gasteiger partial charge >= 0.3 is 0 Å². The van der Waals surface area contributed by atoms with Crippen molar-refractivity contribution >= 4 is 40.2 Å². The van der Waals surface area contributed by atoms with Gasteiger partial charge in [0.25, 0.3) is 5.91 Å². The number of ether oxygens (including phenoxy) is 2. The summed E-state index contributed by atoms with van der Waals surface area (Å²) < 4.78 is 11.2. The monoisotopic (exact) mass is 443 g/mol. The molecule has 0 atom stereocenters. The number of halogens is 1. The fourth-order valence-corrected chi connectivity index (χ4v) is 3.99. The molecule has 2 heterocycles. The maximum atomic E-state index is 12.8. The highest BCUT2D eigenvalue weighted by molar-refractivity contribution is 7.09. The fraction of sp³-hybridized carbons (Fsp3) is 0.273. The van der Waals surface area contributed by atoms with Crippen LogP contribution in [0.5, 0.6) is 5.75 Å². The first kappa shape index (κ1) is 20.7. The van der Waals surface area contributed by atoms with E-state index in [0.29, 0.717) is 36.2 Å². The molecule has 1 saturated heterocycles. The summed E-state index contributed by atoms with van der Waals surface area (Å²) in [6, 6.07) is 13.3. The first-order chi connectivity index (χ1) is 14.6. The molecule has 0 spiro atoms. The van der Waals surface area contributed by atoms with E-state index in [9.17, 15) is 4.79 Å². The molecular formula is C22H22ClN3O3S. The number of hydrogen-bond donors (Lipinski definition) is 1. The summed E-state index contributed by atoms with van der Waals surface area (Å²) in [5, 5.41) is 5.99. The van der Waals surface area contributed by atoms with Crippen molar-refractivity contribution in [2.75, 3.05) is 36.5 Å². The van der Waals surface area contributed by atoms with Crippen LogP contribution in [0.1, 0.15) is 21.1 Å². The van der Waals surface area contributed by atoms with Crippen LogP contribution in [0.2, 0.25) is 5.02 Å². The molecule has 0 saturated carbocycles. The molecule has 1 N–H and O–H groups in total. The first-order valence-electron chi connectivity index (χ1n) is 9.66. The quantitative estimate of drug-likeness (QED) is 0.594. The van der Waals surface area contributed by atoms with Gasteiger partial charge in [-0.1, -0.05) is 29.3 Å². The number of carbonyl (C=O) groups is 1. The molecule has 1 aliphatic heterocycles. The molecule has 0 bridgehead atoms. The first-order valence-corrected chi connectivity index (χ1v) is 10.9. The van der Waals surface area contributed by atoms with E-state index in [1.165, 1.54) is 16.9 Å². The molecule has 0 unspecified atom stereocenters. The highest BCUT2D eigenvalue weighted by atomic mass is 35.5. The van der Waals surface area contributed by atoms with Crippen molar-refractivity contribution in [1.82, 2.24) is 4.98 Å². The summed E-state index contributed by atoms with van der Waals surface area (Å²) in [5.74, 6) is 0.500. The lowest BCUT2D eigenvalue weighted by Gasteiger charge is -2.30. The standard InChI is InChI=1S/C22H22ClN3O3S/c1-15-2-5-17(6-3-15)29-13-21-24-19(14-30-21)22(27)25-18-12-16(23)4-7-20(18)26-8-10-28-11-9-26/h2-7,12,14H,8-11,13H2,1H3,(H,25,27). The Morgan fingerprint density at radius 3 is 2.77 bits per heavy atom. The van der Waals surface area contributed by atoms with Crippen LogP contribution in [0.15, 0.2) is 47.8 Å². The number of hydrogen-bond acceptors (Lipinski definition) is 6. The van der Waals surface area contributed by atoms with Crippen LogP contribution in [-0.4, -0.2) is 37.2 Å². The molecular weight excluding hydrogens is 422 g/mol. The Bertz CT molecular complexity index is 1020. The maximum Gasteiger partial charge on any atom is 0.275 e. The van der Waals surface area contributed by atoms with Crippen molar-refractivity contribution < 1.29 is 14.3 Å². The van der Waals surface area contributed by atoms with Gasteiger partial charge in [-0.05, 0) is 37.3 Å². The molecule has 1 amide bonds. The van der Waals surface area contributed by atoms with Gasteiger partial charge < -0.3 is 19.7 Å². The SMILES string of the molecule is Cc1ccc(OCc2nc(C(=O)Nc3cc(Cl)ccc3N3CCOCC3)cs2)cc1. The number of aryl methyl sites for hydroxylation is 1. The second kappa shape index (κ2) is 9.47. The van der Waals surface area contributed by atoms with Crippen molar-refractivity contribution in [2.45, 2.75) is 13.5 Å². The molecule has 6 nitrogen and oxygen atoms in total. The van der Waals surface area contributed by atoms with Gasteiger partial charge in [-0.15, -0.1) is 11.3 Å². The minimum atomic E-state index is -0.274. The average Bonchev–Trinajstić information content (AvgIpc) is 3.23. The van der Waals surface area contributed by atoms with Crippen LogP contribution in [0.3, 0.4) is 0 Å². The Kier molecular flexibility index (Phi) is 6.52. The van der Waals surface area contributed by atoms with E-state index in [1.807, 2.05) is 43.3 Å². The van der Waals surface area contributed by atoms with Crippen molar-refractivity contribution in [3.63, 3.8) is 0 Å². The third kappa shape index (κ3) is 5.11. The largest absolute Gasteiger partial charge is 0.486 e. The Morgan fingerprint density at radius 1 is 1.23 bits per heavy atom. The number of anilines is 2. The maximum absolute atomic E-state index is 12.8. The van der Waals surface area contributed by atoms with Crippen LogP contribution in [0, 0.1) is 6.92 Å². The Morgan fingerprint density at radius 2 is 2.00 bits per heavy atom. The topological polar surface area (TPSA) is 63.7 Å². The number of morpholine rings is 1. The van der Waals surface area contributed by atoms with Crippen molar-refractivity contribution in [2.24, 2.45) is 0 Å². The van der Waals surface area contributed by atoms with E-state index in [1.54, 1.807) is 11.4 Å². The zero-order valence-electron chi connectivity index (χ0n) is 16.6. The molecule has 156 valence electrons. The number of amides is 1. The van der Waals surface area contributed by atoms with Gasteiger partial charge in [-0.2, -0.15) is 0 Å². The number of benzene rings is 2. The third-order valence-electron chi connectivity index (χ3n) is 4.73. The number of aromatic nitrogens is 1. The number of thiazole rings is 1.